The lowest BCUT2D eigenvalue weighted by Gasteiger charge is -2.51. The van der Waals surface area contributed by atoms with Crippen LogP contribution in [0.25, 0.3) is 6.08 Å². The minimum atomic E-state index is -5.41. The lowest BCUT2D eigenvalue weighted by molar-refractivity contribution is -0.163. The van der Waals surface area contributed by atoms with E-state index in [0.29, 0.717) is 68.8 Å². The highest BCUT2D eigenvalue weighted by Crippen LogP contribution is 2.52. The molecule has 1 amide bonds. The number of benzene rings is 2. The average molecular weight is 691 g/mol. The monoisotopic (exact) mass is 690 g/mol. The Morgan fingerprint density at radius 2 is 1.50 bits per heavy atom. The number of carboxylic acid groups (broad SMARTS) is 1. The van der Waals surface area contributed by atoms with Crippen molar-refractivity contribution in [2.45, 2.75) is 85.1 Å². The third-order valence-electron chi connectivity index (χ3n) is 9.26. The number of anilines is 1. The summed E-state index contributed by atoms with van der Waals surface area (Å²) < 4.78 is 109. The SMILES string of the molecule is O=C(/C=C/c1ccc(Sc2cccc(NC3CCS(=O)(=O)CC3)c2)c(C(F)(F)F)c1C(F)(F)F)NC12CCC(C(=O)O)(CC1)CC2. The van der Waals surface area contributed by atoms with Crippen molar-refractivity contribution in [3.8, 4) is 0 Å². The Labute approximate surface area is 266 Å². The summed E-state index contributed by atoms with van der Waals surface area (Å²) in [6.45, 7) is 0. The van der Waals surface area contributed by atoms with E-state index < -0.39 is 66.6 Å². The van der Waals surface area contributed by atoms with Gasteiger partial charge in [-0.05, 0) is 87.3 Å². The van der Waals surface area contributed by atoms with E-state index in [1.165, 1.54) is 18.2 Å². The summed E-state index contributed by atoms with van der Waals surface area (Å²) in [6.07, 6.45) is -6.38. The molecular weight excluding hydrogens is 658 g/mol. The van der Waals surface area contributed by atoms with Crippen molar-refractivity contribution >= 4 is 45.2 Å². The fraction of sp³-hybridized carbons (Fsp3) is 0.484. The van der Waals surface area contributed by atoms with Gasteiger partial charge in [-0.3, -0.25) is 9.59 Å². The van der Waals surface area contributed by atoms with E-state index in [2.05, 4.69) is 10.6 Å². The number of fused-ring (bicyclic) bond motifs is 3. The molecule has 250 valence electrons. The van der Waals surface area contributed by atoms with Crippen LogP contribution in [0.2, 0.25) is 0 Å². The second-order valence-corrected chi connectivity index (χ2v) is 15.7. The summed E-state index contributed by atoms with van der Waals surface area (Å²) in [6, 6.07) is 7.80. The van der Waals surface area contributed by atoms with E-state index in [1.54, 1.807) is 6.07 Å². The number of sulfone groups is 1. The minimum Gasteiger partial charge on any atom is -0.481 e. The summed E-state index contributed by atoms with van der Waals surface area (Å²) in [5.74, 6) is -1.65. The van der Waals surface area contributed by atoms with E-state index in [1.807, 2.05) is 0 Å². The summed E-state index contributed by atoms with van der Waals surface area (Å²) in [5, 5.41) is 15.5. The van der Waals surface area contributed by atoms with E-state index in [-0.39, 0.29) is 22.4 Å². The number of nitrogens with one attached hydrogen (secondary N) is 2. The Balaban J connectivity index is 1.37. The van der Waals surface area contributed by atoms with E-state index in [0.717, 1.165) is 24.3 Å². The van der Waals surface area contributed by atoms with Gasteiger partial charge < -0.3 is 15.7 Å². The van der Waals surface area contributed by atoms with Gasteiger partial charge in [0.05, 0.1) is 28.0 Å². The number of carbonyl (C=O) groups is 2. The maximum atomic E-state index is 14.3. The highest BCUT2D eigenvalue weighted by atomic mass is 32.2. The fourth-order valence-corrected chi connectivity index (χ4v) is 9.15. The molecule has 2 aromatic carbocycles. The predicted octanol–water partition coefficient (Wildman–Crippen LogP) is 7.17. The number of halogens is 6. The van der Waals surface area contributed by atoms with Crippen LogP contribution in [0.1, 0.15) is 68.1 Å². The van der Waals surface area contributed by atoms with E-state index in [9.17, 15) is 49.5 Å². The molecule has 0 radical (unpaired) electrons. The van der Waals surface area contributed by atoms with Crippen LogP contribution in [-0.4, -0.2) is 48.5 Å². The second-order valence-electron chi connectivity index (χ2n) is 12.3. The number of carboxylic acids is 1. The van der Waals surface area contributed by atoms with Gasteiger partial charge in [-0.25, -0.2) is 8.42 Å². The number of aliphatic carboxylic acids is 1. The van der Waals surface area contributed by atoms with Gasteiger partial charge in [0.1, 0.15) is 9.84 Å². The summed E-state index contributed by atoms with van der Waals surface area (Å²) in [4.78, 5) is 24.0. The van der Waals surface area contributed by atoms with E-state index >= 15 is 0 Å². The maximum absolute atomic E-state index is 14.3. The van der Waals surface area contributed by atoms with Crippen molar-refractivity contribution < 1.29 is 49.5 Å². The quantitative estimate of drug-likeness (QED) is 0.199. The smallest absolute Gasteiger partial charge is 0.418 e. The molecule has 0 atom stereocenters. The molecule has 15 heteroatoms. The molecule has 1 saturated heterocycles. The number of hydrogen-bond donors (Lipinski definition) is 3. The van der Waals surface area contributed by atoms with Gasteiger partial charge in [0, 0.05) is 33.1 Å². The minimum absolute atomic E-state index is 0.00498. The van der Waals surface area contributed by atoms with Crippen LogP contribution in [-0.2, 0) is 31.8 Å². The van der Waals surface area contributed by atoms with Gasteiger partial charge in [0.15, 0.2) is 0 Å². The molecule has 7 nitrogen and oxygen atoms in total. The first-order chi connectivity index (χ1) is 21.4. The maximum Gasteiger partial charge on any atom is 0.418 e. The lowest BCUT2D eigenvalue weighted by Crippen LogP contribution is -2.58. The Morgan fingerprint density at radius 1 is 0.891 bits per heavy atom. The van der Waals surface area contributed by atoms with Crippen LogP contribution in [0.3, 0.4) is 0 Å². The zero-order valence-electron chi connectivity index (χ0n) is 24.4. The first-order valence-electron chi connectivity index (χ1n) is 14.7. The third-order valence-corrected chi connectivity index (χ3v) is 12.0. The summed E-state index contributed by atoms with van der Waals surface area (Å²) in [5.41, 5.74) is -5.65. The Kier molecular flexibility index (Phi) is 9.23. The average Bonchev–Trinajstić information content (AvgIpc) is 2.97. The normalized spacial score (nSPS) is 25.0. The number of rotatable bonds is 8. The zero-order chi connectivity index (χ0) is 33.5. The van der Waals surface area contributed by atoms with Gasteiger partial charge >= 0.3 is 18.3 Å². The Morgan fingerprint density at radius 3 is 2.07 bits per heavy atom. The molecule has 46 heavy (non-hydrogen) atoms. The Hall–Kier alpha value is -3.20. The van der Waals surface area contributed by atoms with E-state index in [4.69, 9.17) is 0 Å². The largest absolute Gasteiger partial charge is 0.481 e. The highest BCUT2D eigenvalue weighted by Gasteiger charge is 2.53. The summed E-state index contributed by atoms with van der Waals surface area (Å²) >= 11 is 0.511. The molecule has 2 aromatic rings. The number of hydrogen-bond acceptors (Lipinski definition) is 6. The van der Waals surface area contributed by atoms with Crippen LogP contribution >= 0.6 is 11.8 Å². The first kappa shape index (κ1) is 34.1. The van der Waals surface area contributed by atoms with Crippen molar-refractivity contribution in [1.29, 1.82) is 0 Å². The molecule has 1 aliphatic heterocycles. The Bertz CT molecular complexity index is 1620. The van der Waals surface area contributed by atoms with Gasteiger partial charge in [-0.2, -0.15) is 26.3 Å². The van der Waals surface area contributed by atoms with Crippen LogP contribution in [0.15, 0.2) is 52.3 Å². The number of amides is 1. The zero-order valence-corrected chi connectivity index (χ0v) is 26.1. The molecular formula is C31H32F6N2O5S2. The number of carbonyl (C=O) groups excluding carboxylic acids is 1. The van der Waals surface area contributed by atoms with Crippen molar-refractivity contribution in [1.82, 2.24) is 5.32 Å². The molecule has 4 aliphatic rings. The fourth-order valence-electron chi connectivity index (χ4n) is 6.62. The molecule has 0 aromatic heterocycles. The molecule has 2 bridgehead atoms. The van der Waals surface area contributed by atoms with Crippen LogP contribution in [0.4, 0.5) is 32.0 Å². The third kappa shape index (κ3) is 7.50. The van der Waals surface area contributed by atoms with Crippen molar-refractivity contribution in [3.05, 3.63) is 59.2 Å². The molecule has 6 rings (SSSR count). The van der Waals surface area contributed by atoms with Crippen LogP contribution in [0, 0.1) is 5.41 Å². The molecule has 3 aliphatic carbocycles. The summed E-state index contributed by atoms with van der Waals surface area (Å²) in [7, 11) is -3.11. The highest BCUT2D eigenvalue weighted by molar-refractivity contribution is 7.99. The molecule has 0 unspecified atom stereocenters. The van der Waals surface area contributed by atoms with Crippen molar-refractivity contribution in [3.63, 3.8) is 0 Å². The molecule has 3 saturated carbocycles. The molecule has 3 N–H and O–H groups in total. The van der Waals surface area contributed by atoms with Crippen LogP contribution < -0.4 is 10.6 Å². The van der Waals surface area contributed by atoms with Gasteiger partial charge in [-0.1, -0.05) is 23.9 Å². The van der Waals surface area contributed by atoms with Crippen molar-refractivity contribution in [2.24, 2.45) is 5.41 Å². The van der Waals surface area contributed by atoms with Gasteiger partial charge in [0.25, 0.3) is 0 Å². The first-order valence-corrected chi connectivity index (χ1v) is 17.3. The molecule has 0 spiro atoms. The van der Waals surface area contributed by atoms with Crippen LogP contribution in [0.5, 0.6) is 0 Å². The topological polar surface area (TPSA) is 113 Å². The predicted molar refractivity (Wildman–Crippen MR) is 160 cm³/mol. The standard InChI is InChI=1S/C31H32F6N2O5S2/c32-30(33,34)25-19(5-7-24(40)39-29-13-10-28(11-14-29,12-15-29)27(41)42)4-6-23(26(25)31(35,36)37)45-22-3-1-2-21(18-22)38-20-8-16-46(43,44)17-9-20/h1-7,18,20,38H,8-17H2,(H,39,40)(H,41,42)/b7-5+. The second kappa shape index (κ2) is 12.4. The van der Waals surface area contributed by atoms with Gasteiger partial charge in [-0.15, -0.1) is 0 Å². The molecule has 4 fully saturated rings. The lowest BCUT2D eigenvalue weighted by atomic mass is 9.57. The molecule has 1 heterocycles. The van der Waals surface area contributed by atoms with Crippen molar-refractivity contribution in [2.75, 3.05) is 16.8 Å². The number of alkyl halides is 6. The van der Waals surface area contributed by atoms with Gasteiger partial charge in [0.2, 0.25) is 5.91 Å².